The summed E-state index contributed by atoms with van der Waals surface area (Å²) in [7, 11) is 0. The molecule has 0 fully saturated rings. The van der Waals surface area contributed by atoms with Crippen molar-refractivity contribution in [3.8, 4) is 0 Å². The fraction of sp³-hybridized carbons (Fsp3) is 0.400. The Morgan fingerprint density at radius 2 is 1.50 bits per heavy atom. The molecule has 2 aromatic carbocycles. The van der Waals surface area contributed by atoms with Crippen LogP contribution in [0.3, 0.4) is 0 Å². The summed E-state index contributed by atoms with van der Waals surface area (Å²) < 4.78 is 5.14. The van der Waals surface area contributed by atoms with Crippen LogP contribution in [0.2, 0.25) is 0 Å². The van der Waals surface area contributed by atoms with Crippen LogP contribution in [0.15, 0.2) is 60.7 Å². The summed E-state index contributed by atoms with van der Waals surface area (Å²) in [6.45, 7) is 0.720. The first-order chi connectivity index (χ1) is 15.5. The largest absolute Gasteiger partial charge is 0.445 e. The number of hydrogen-bond acceptors (Lipinski definition) is 4. The Bertz CT molecular complexity index is 828. The van der Waals surface area contributed by atoms with Gasteiger partial charge in [-0.25, -0.2) is 4.79 Å². The summed E-state index contributed by atoms with van der Waals surface area (Å²) in [5.41, 5.74) is 7.57. The van der Waals surface area contributed by atoms with Crippen LogP contribution in [0.25, 0.3) is 0 Å². The number of amides is 3. The van der Waals surface area contributed by atoms with E-state index in [1.807, 2.05) is 60.7 Å². The minimum Gasteiger partial charge on any atom is -0.445 e. The molecule has 1 atom stereocenters. The van der Waals surface area contributed by atoms with Gasteiger partial charge in [-0.2, -0.15) is 0 Å². The third-order valence-electron chi connectivity index (χ3n) is 5.04. The van der Waals surface area contributed by atoms with E-state index in [0.717, 1.165) is 31.2 Å². The molecule has 0 aliphatic rings. The predicted octanol–water partition coefficient (Wildman–Crippen LogP) is 3.47. The zero-order valence-electron chi connectivity index (χ0n) is 18.4. The number of benzene rings is 2. The Morgan fingerprint density at radius 3 is 2.16 bits per heavy atom. The number of carbonyl (C=O) groups is 3. The van der Waals surface area contributed by atoms with Gasteiger partial charge in [0.2, 0.25) is 11.8 Å². The fourth-order valence-corrected chi connectivity index (χ4v) is 3.26. The number of alkyl carbamates (subject to hydrolysis) is 1. The van der Waals surface area contributed by atoms with Crippen molar-refractivity contribution >= 4 is 17.9 Å². The topological polar surface area (TPSA) is 111 Å². The lowest BCUT2D eigenvalue weighted by Crippen LogP contribution is -2.44. The van der Waals surface area contributed by atoms with E-state index in [1.165, 1.54) is 5.56 Å². The van der Waals surface area contributed by atoms with Crippen LogP contribution in [0.4, 0.5) is 4.79 Å². The molecule has 2 aromatic rings. The smallest absolute Gasteiger partial charge is 0.407 e. The molecule has 0 saturated heterocycles. The maximum absolute atomic E-state index is 12.1. The second-order valence-electron chi connectivity index (χ2n) is 7.70. The highest BCUT2D eigenvalue weighted by Gasteiger charge is 2.17. The molecule has 4 N–H and O–H groups in total. The lowest BCUT2D eigenvalue weighted by molar-refractivity contribution is -0.127. The lowest BCUT2D eigenvalue weighted by atomic mass is 10.0. The van der Waals surface area contributed by atoms with E-state index in [1.54, 1.807) is 0 Å². The van der Waals surface area contributed by atoms with Crippen LogP contribution in [-0.2, 0) is 27.4 Å². The average molecular weight is 440 g/mol. The number of ether oxygens (including phenoxy) is 1. The van der Waals surface area contributed by atoms with E-state index in [-0.39, 0.29) is 12.5 Å². The molecule has 2 rings (SSSR count). The Labute approximate surface area is 189 Å². The first-order valence-electron chi connectivity index (χ1n) is 11.1. The van der Waals surface area contributed by atoms with Crippen molar-refractivity contribution in [1.82, 2.24) is 10.6 Å². The molecule has 7 heteroatoms. The molecule has 0 spiro atoms. The number of primary amides is 1. The molecule has 0 aliphatic heterocycles. The summed E-state index contributed by atoms with van der Waals surface area (Å²) in [6.07, 6.45) is 4.18. The number of rotatable bonds is 14. The van der Waals surface area contributed by atoms with Crippen LogP contribution in [-0.4, -0.2) is 30.5 Å². The van der Waals surface area contributed by atoms with Crippen molar-refractivity contribution in [3.05, 3.63) is 71.8 Å². The van der Waals surface area contributed by atoms with Crippen molar-refractivity contribution in [2.75, 3.05) is 6.54 Å². The van der Waals surface area contributed by atoms with Gasteiger partial charge in [0, 0.05) is 13.0 Å². The molecule has 32 heavy (non-hydrogen) atoms. The van der Waals surface area contributed by atoms with Crippen molar-refractivity contribution in [2.24, 2.45) is 5.73 Å². The number of nitrogens with one attached hydrogen (secondary N) is 2. The van der Waals surface area contributed by atoms with Gasteiger partial charge in [0.05, 0.1) is 0 Å². The van der Waals surface area contributed by atoms with E-state index >= 15 is 0 Å². The molecule has 0 saturated carbocycles. The third kappa shape index (κ3) is 10.6. The maximum atomic E-state index is 12.1. The Kier molecular flexibility index (Phi) is 11.4. The Morgan fingerprint density at radius 1 is 0.844 bits per heavy atom. The number of unbranched alkanes of at least 4 members (excludes halogenated alkanes) is 2. The van der Waals surface area contributed by atoms with E-state index < -0.39 is 18.0 Å². The van der Waals surface area contributed by atoms with Crippen LogP contribution in [0.1, 0.15) is 49.7 Å². The lowest BCUT2D eigenvalue weighted by Gasteiger charge is -2.15. The van der Waals surface area contributed by atoms with E-state index in [2.05, 4.69) is 10.6 Å². The molecular formula is C25H33N3O4. The van der Waals surface area contributed by atoms with Gasteiger partial charge in [-0.3, -0.25) is 9.59 Å². The highest BCUT2D eigenvalue weighted by atomic mass is 16.5. The molecule has 0 radical (unpaired) electrons. The molecule has 7 nitrogen and oxygen atoms in total. The van der Waals surface area contributed by atoms with Gasteiger partial charge in [-0.15, -0.1) is 0 Å². The van der Waals surface area contributed by atoms with Crippen molar-refractivity contribution in [1.29, 1.82) is 0 Å². The zero-order chi connectivity index (χ0) is 23.0. The zero-order valence-corrected chi connectivity index (χ0v) is 18.4. The SMILES string of the molecule is NC(=O)[C@H](CCCc1ccccc1)NC(=O)CCCCCNC(=O)OCc1ccccc1. The second-order valence-corrected chi connectivity index (χ2v) is 7.70. The van der Waals surface area contributed by atoms with Crippen molar-refractivity contribution in [2.45, 2.75) is 57.6 Å². The summed E-state index contributed by atoms with van der Waals surface area (Å²) in [4.78, 5) is 35.5. The molecule has 0 bridgehead atoms. The van der Waals surface area contributed by atoms with Gasteiger partial charge in [0.1, 0.15) is 12.6 Å². The highest BCUT2D eigenvalue weighted by molar-refractivity contribution is 5.86. The predicted molar refractivity (Wildman–Crippen MR) is 124 cm³/mol. The van der Waals surface area contributed by atoms with Gasteiger partial charge < -0.3 is 21.1 Å². The maximum Gasteiger partial charge on any atom is 0.407 e. The standard InChI is InChI=1S/C25H33N3O4/c26-24(30)22(16-10-15-20-11-4-1-5-12-20)28-23(29)17-8-3-9-18-27-25(31)32-19-21-13-6-2-7-14-21/h1-2,4-7,11-14,22H,3,8-10,15-19H2,(H2,26,30)(H,27,31)(H,28,29)/t22-/m0/s1. The Balaban J connectivity index is 1.52. The first kappa shape index (κ1) is 24.9. The molecule has 0 heterocycles. The summed E-state index contributed by atoms with van der Waals surface area (Å²) >= 11 is 0. The van der Waals surface area contributed by atoms with Gasteiger partial charge in [-0.1, -0.05) is 67.1 Å². The number of hydrogen-bond donors (Lipinski definition) is 3. The molecule has 3 amide bonds. The quantitative estimate of drug-likeness (QED) is 0.392. The van der Waals surface area contributed by atoms with Crippen LogP contribution in [0.5, 0.6) is 0 Å². The van der Waals surface area contributed by atoms with E-state index in [4.69, 9.17) is 10.5 Å². The van der Waals surface area contributed by atoms with Gasteiger partial charge in [-0.05, 0) is 43.2 Å². The highest BCUT2D eigenvalue weighted by Crippen LogP contribution is 2.08. The number of carbonyl (C=O) groups excluding carboxylic acids is 3. The molecular weight excluding hydrogens is 406 g/mol. The van der Waals surface area contributed by atoms with Gasteiger partial charge >= 0.3 is 6.09 Å². The molecule has 0 aliphatic carbocycles. The monoisotopic (exact) mass is 439 g/mol. The van der Waals surface area contributed by atoms with Gasteiger partial charge in [0.15, 0.2) is 0 Å². The third-order valence-corrected chi connectivity index (χ3v) is 5.04. The summed E-state index contributed by atoms with van der Waals surface area (Å²) in [5, 5.41) is 5.44. The van der Waals surface area contributed by atoms with Crippen LogP contribution >= 0.6 is 0 Å². The summed E-state index contributed by atoms with van der Waals surface area (Å²) in [5.74, 6) is -0.687. The van der Waals surface area contributed by atoms with Gasteiger partial charge in [0.25, 0.3) is 0 Å². The van der Waals surface area contributed by atoms with E-state index in [9.17, 15) is 14.4 Å². The number of nitrogens with two attached hydrogens (primary N) is 1. The molecule has 0 aromatic heterocycles. The second kappa shape index (κ2) is 14.6. The number of aryl methyl sites for hydroxylation is 1. The fourth-order valence-electron chi connectivity index (χ4n) is 3.26. The summed E-state index contributed by atoms with van der Waals surface area (Å²) in [6, 6.07) is 18.8. The minimum atomic E-state index is -0.646. The normalized spacial score (nSPS) is 11.4. The van der Waals surface area contributed by atoms with Crippen LogP contribution in [0, 0.1) is 0 Å². The minimum absolute atomic E-state index is 0.177. The molecule has 172 valence electrons. The average Bonchev–Trinajstić information content (AvgIpc) is 2.80. The van der Waals surface area contributed by atoms with Crippen LogP contribution < -0.4 is 16.4 Å². The van der Waals surface area contributed by atoms with E-state index in [0.29, 0.717) is 25.8 Å². The Hall–Kier alpha value is -3.35. The van der Waals surface area contributed by atoms with Crippen molar-refractivity contribution in [3.63, 3.8) is 0 Å². The molecule has 0 unspecified atom stereocenters. The van der Waals surface area contributed by atoms with Crippen molar-refractivity contribution < 1.29 is 19.1 Å². The first-order valence-corrected chi connectivity index (χ1v) is 11.1.